The molecular weight excluding hydrogens is 547 g/mol. The monoisotopic (exact) mass is 582 g/mol. The molecule has 1 aliphatic rings. The summed E-state index contributed by atoms with van der Waals surface area (Å²) in [5.74, 6) is 0.0795. The number of rotatable bonds is 7. The molecule has 2 aromatic carbocycles. The number of piperidine rings is 1. The van der Waals surface area contributed by atoms with E-state index in [1.807, 2.05) is 29.6 Å². The van der Waals surface area contributed by atoms with E-state index in [2.05, 4.69) is 38.9 Å². The zero-order valence-electron chi connectivity index (χ0n) is 23.4. The van der Waals surface area contributed by atoms with Crippen molar-refractivity contribution in [3.63, 3.8) is 0 Å². The van der Waals surface area contributed by atoms with E-state index in [0.717, 1.165) is 47.3 Å². The molecule has 2 N–H and O–H groups in total. The molecule has 5 rings (SSSR count). The van der Waals surface area contributed by atoms with Crippen LogP contribution in [0.2, 0.25) is 0 Å². The number of hydrogen-bond acceptors (Lipinski definition) is 8. The minimum atomic E-state index is -3.56. The Morgan fingerprint density at radius 3 is 2.50 bits per heavy atom. The molecule has 0 saturated carbocycles. The fraction of sp³-hybridized carbons (Fsp3) is 0.379. The number of aromatic nitrogens is 2. The number of anilines is 4. The number of nitrogens with zero attached hydrogens (tertiary/aromatic N) is 4. The summed E-state index contributed by atoms with van der Waals surface area (Å²) in [4.78, 5) is 13.5. The smallest absolute Gasteiger partial charge is 0.237 e. The molecule has 0 radical (unpaired) electrons. The molecule has 1 aliphatic heterocycles. The molecule has 3 heterocycles. The molecule has 0 spiro atoms. The van der Waals surface area contributed by atoms with E-state index in [1.54, 1.807) is 39.1 Å². The van der Waals surface area contributed by atoms with Crippen LogP contribution in [0.5, 0.6) is 0 Å². The van der Waals surface area contributed by atoms with Gasteiger partial charge in [0.25, 0.3) is 0 Å². The lowest BCUT2D eigenvalue weighted by Gasteiger charge is -2.36. The van der Waals surface area contributed by atoms with Crippen molar-refractivity contribution in [3.05, 3.63) is 59.9 Å². The van der Waals surface area contributed by atoms with E-state index in [1.165, 1.54) is 17.4 Å². The second kappa shape index (κ2) is 10.9. The molecule has 0 amide bonds. The third-order valence-electron chi connectivity index (χ3n) is 7.29. The van der Waals surface area contributed by atoms with Crippen LogP contribution < -0.4 is 14.9 Å². The Balaban J connectivity index is 1.35. The SMILES string of the molecule is CN(C)C1CCN(c2ccc(Nc3ncc4scc(-c5cccc(NS(=O)(=O)C(C)(C)C)c5)c4n3)cc2F)CC1. The van der Waals surface area contributed by atoms with Crippen LogP contribution in [0.4, 0.5) is 27.4 Å². The summed E-state index contributed by atoms with van der Waals surface area (Å²) in [5, 5.41) is 5.12. The summed E-state index contributed by atoms with van der Waals surface area (Å²) in [6, 6.07) is 12.9. The quantitative estimate of drug-likeness (QED) is 0.264. The zero-order valence-corrected chi connectivity index (χ0v) is 25.0. The number of sulfonamides is 1. The molecule has 1 fully saturated rings. The first kappa shape index (κ1) is 28.3. The fourth-order valence-electron chi connectivity index (χ4n) is 4.75. The third-order valence-corrected chi connectivity index (χ3v) is 10.3. The summed E-state index contributed by atoms with van der Waals surface area (Å²) >= 11 is 1.51. The van der Waals surface area contributed by atoms with Crippen LogP contribution in [0, 0.1) is 5.82 Å². The highest BCUT2D eigenvalue weighted by molar-refractivity contribution is 7.94. The number of thiophene rings is 1. The Morgan fingerprint density at radius 2 is 1.82 bits per heavy atom. The Bertz CT molecular complexity index is 1620. The maximum absolute atomic E-state index is 15.1. The first-order valence-corrected chi connectivity index (χ1v) is 15.6. The Labute approximate surface area is 239 Å². The van der Waals surface area contributed by atoms with Gasteiger partial charge in [-0.25, -0.2) is 22.8 Å². The van der Waals surface area contributed by atoms with Gasteiger partial charge in [-0.05, 0) is 83.6 Å². The molecule has 8 nitrogen and oxygen atoms in total. The van der Waals surface area contributed by atoms with Gasteiger partial charge in [-0.2, -0.15) is 0 Å². The minimum absolute atomic E-state index is 0.278. The normalized spacial score (nSPS) is 15.1. The van der Waals surface area contributed by atoms with Gasteiger partial charge in [0.1, 0.15) is 5.82 Å². The van der Waals surface area contributed by atoms with E-state index in [4.69, 9.17) is 4.98 Å². The Morgan fingerprint density at radius 1 is 1.07 bits per heavy atom. The lowest BCUT2D eigenvalue weighted by atomic mass is 10.0. The first-order chi connectivity index (χ1) is 18.9. The number of hydrogen-bond donors (Lipinski definition) is 2. The molecule has 1 saturated heterocycles. The molecule has 0 aliphatic carbocycles. The average Bonchev–Trinajstić information content (AvgIpc) is 3.31. The molecule has 40 heavy (non-hydrogen) atoms. The van der Waals surface area contributed by atoms with Crippen LogP contribution in [0.25, 0.3) is 21.3 Å². The van der Waals surface area contributed by atoms with E-state index in [9.17, 15) is 8.42 Å². The number of fused-ring (bicyclic) bond motifs is 1. The van der Waals surface area contributed by atoms with Crippen molar-refractivity contribution >= 4 is 54.6 Å². The van der Waals surface area contributed by atoms with Gasteiger partial charge in [0, 0.05) is 41.4 Å². The standard InChI is InChI=1S/C29H35FN6O2S2/c1-29(2,3)40(37,38)34-21-8-6-7-19(15-21)23-18-39-26-17-31-28(33-27(23)26)32-20-9-10-25(24(30)16-20)36-13-11-22(12-14-36)35(4)5/h6-10,15-18,22,34H,11-14H2,1-5H3,(H,31,32,33). The van der Waals surface area contributed by atoms with E-state index >= 15 is 4.39 Å². The topological polar surface area (TPSA) is 90.5 Å². The highest BCUT2D eigenvalue weighted by Crippen LogP contribution is 2.35. The molecule has 0 atom stereocenters. The van der Waals surface area contributed by atoms with E-state index in [0.29, 0.717) is 29.1 Å². The maximum Gasteiger partial charge on any atom is 0.237 e. The highest BCUT2D eigenvalue weighted by atomic mass is 32.2. The summed E-state index contributed by atoms with van der Waals surface area (Å²) in [7, 11) is 0.626. The lowest BCUT2D eigenvalue weighted by molar-refractivity contribution is 0.249. The van der Waals surface area contributed by atoms with Crippen molar-refractivity contribution in [2.24, 2.45) is 0 Å². The highest BCUT2D eigenvalue weighted by Gasteiger charge is 2.29. The van der Waals surface area contributed by atoms with Gasteiger partial charge in [-0.15, -0.1) is 11.3 Å². The Hall–Kier alpha value is -3.28. The first-order valence-electron chi connectivity index (χ1n) is 13.3. The Kier molecular flexibility index (Phi) is 7.73. The van der Waals surface area contributed by atoms with Crippen molar-refractivity contribution in [1.82, 2.24) is 14.9 Å². The second-order valence-electron chi connectivity index (χ2n) is 11.3. The van der Waals surface area contributed by atoms with Crippen LogP contribution in [0.15, 0.2) is 54.0 Å². The van der Waals surface area contributed by atoms with Crippen LogP contribution in [0.1, 0.15) is 33.6 Å². The summed E-state index contributed by atoms with van der Waals surface area (Å²) in [6.07, 6.45) is 3.76. The summed E-state index contributed by atoms with van der Waals surface area (Å²) < 4.78 is 43.1. The van der Waals surface area contributed by atoms with Gasteiger partial charge in [-0.1, -0.05) is 12.1 Å². The predicted molar refractivity (Wildman–Crippen MR) is 164 cm³/mol. The summed E-state index contributed by atoms with van der Waals surface area (Å²) in [6.45, 7) is 6.62. The van der Waals surface area contributed by atoms with Crippen molar-refractivity contribution in [3.8, 4) is 11.1 Å². The van der Waals surface area contributed by atoms with Crippen molar-refractivity contribution < 1.29 is 12.8 Å². The average molecular weight is 583 g/mol. The third kappa shape index (κ3) is 5.91. The maximum atomic E-state index is 15.1. The molecule has 2 aromatic heterocycles. The predicted octanol–water partition coefficient (Wildman–Crippen LogP) is 6.31. The van der Waals surface area contributed by atoms with Crippen molar-refractivity contribution in [1.29, 1.82) is 0 Å². The fourth-order valence-corrected chi connectivity index (χ4v) is 6.36. The van der Waals surface area contributed by atoms with Crippen LogP contribution in [0.3, 0.4) is 0 Å². The molecule has 0 unspecified atom stereocenters. The largest absolute Gasteiger partial charge is 0.369 e. The van der Waals surface area contributed by atoms with E-state index in [-0.39, 0.29) is 5.82 Å². The number of halogens is 1. The van der Waals surface area contributed by atoms with Gasteiger partial charge in [0.05, 0.1) is 26.8 Å². The van der Waals surface area contributed by atoms with Crippen LogP contribution in [-0.4, -0.2) is 61.3 Å². The number of nitrogens with one attached hydrogen (secondary N) is 2. The van der Waals surface area contributed by atoms with Crippen LogP contribution in [-0.2, 0) is 10.0 Å². The summed E-state index contributed by atoms with van der Waals surface area (Å²) in [5.41, 5.74) is 4.10. The number of benzene rings is 2. The van der Waals surface area contributed by atoms with Crippen molar-refractivity contribution in [2.75, 3.05) is 42.1 Å². The molecule has 11 heteroatoms. The van der Waals surface area contributed by atoms with Gasteiger partial charge in [-0.3, -0.25) is 4.72 Å². The minimum Gasteiger partial charge on any atom is -0.369 e. The molecule has 212 valence electrons. The molecule has 0 bridgehead atoms. The van der Waals surface area contributed by atoms with Gasteiger partial charge < -0.3 is 15.1 Å². The lowest BCUT2D eigenvalue weighted by Crippen LogP contribution is -2.42. The van der Waals surface area contributed by atoms with Gasteiger partial charge >= 0.3 is 0 Å². The zero-order chi connectivity index (χ0) is 28.7. The van der Waals surface area contributed by atoms with Gasteiger partial charge in [0.15, 0.2) is 0 Å². The van der Waals surface area contributed by atoms with E-state index < -0.39 is 14.8 Å². The molecule has 4 aromatic rings. The van der Waals surface area contributed by atoms with Crippen molar-refractivity contribution in [2.45, 2.75) is 44.4 Å². The van der Waals surface area contributed by atoms with Crippen LogP contribution >= 0.6 is 11.3 Å². The molecular formula is C29H35FN6O2S2. The van der Waals surface area contributed by atoms with Gasteiger partial charge in [0.2, 0.25) is 16.0 Å². The second-order valence-corrected chi connectivity index (χ2v) is 14.7.